The van der Waals surface area contributed by atoms with Gasteiger partial charge in [0.15, 0.2) is 16.6 Å². The highest BCUT2D eigenvalue weighted by Gasteiger charge is 2.48. The van der Waals surface area contributed by atoms with Crippen molar-refractivity contribution in [1.82, 2.24) is 4.98 Å². The summed E-state index contributed by atoms with van der Waals surface area (Å²) in [4.78, 5) is 33.9. The van der Waals surface area contributed by atoms with Crippen molar-refractivity contribution in [2.24, 2.45) is 0 Å². The number of benzene rings is 4. The van der Waals surface area contributed by atoms with Crippen LogP contribution in [0.1, 0.15) is 42.1 Å². The SMILES string of the molecule is CCOc1ccc2nc(N3C(=O)C(=O)C(=C(O)c4ccc5c(c4)C[C@H](C)O5)[C@H]3c3ccc(OCc4ccccc4)c(OC)c3)sc2c1. The second-order valence-electron chi connectivity index (χ2n) is 11.4. The van der Waals surface area contributed by atoms with Crippen LogP contribution in [-0.2, 0) is 22.6 Å². The molecule has 2 aliphatic heterocycles. The Hall–Kier alpha value is -5.35. The van der Waals surface area contributed by atoms with Gasteiger partial charge in [0, 0.05) is 12.0 Å². The number of methoxy groups -OCH3 is 1. The second-order valence-corrected chi connectivity index (χ2v) is 12.4. The summed E-state index contributed by atoms with van der Waals surface area (Å²) < 4.78 is 24.1. The summed E-state index contributed by atoms with van der Waals surface area (Å²) in [6, 6.07) is 24.8. The first kappa shape index (κ1) is 30.3. The number of hydrogen-bond acceptors (Lipinski definition) is 9. The summed E-state index contributed by atoms with van der Waals surface area (Å²) in [6.45, 7) is 4.71. The number of fused-ring (bicyclic) bond motifs is 2. The molecule has 5 aromatic rings. The predicted octanol–water partition coefficient (Wildman–Crippen LogP) is 7.23. The van der Waals surface area contributed by atoms with Crippen molar-refractivity contribution < 1.29 is 33.6 Å². The standard InChI is InChI=1S/C37H32N2O7S/c1-4-44-26-12-13-27-31(19-26)47-37(38-27)39-33(23-10-15-29(30(18-23)43-3)45-20-22-8-6-5-7-9-22)32(35(41)36(39)42)34(40)24-11-14-28-25(17-24)16-21(2)46-28/h5-15,17-19,21,33,40H,4,16,20H2,1-3H3/t21-,33+/m0/s1. The van der Waals surface area contributed by atoms with E-state index in [0.717, 1.165) is 21.6 Å². The number of carbonyl (C=O) groups is 2. The van der Waals surface area contributed by atoms with Crippen molar-refractivity contribution in [1.29, 1.82) is 0 Å². The third-order valence-corrected chi connectivity index (χ3v) is 9.24. The second kappa shape index (κ2) is 12.4. The van der Waals surface area contributed by atoms with E-state index in [9.17, 15) is 14.7 Å². The van der Waals surface area contributed by atoms with Crippen LogP contribution < -0.4 is 23.8 Å². The van der Waals surface area contributed by atoms with Crippen LogP contribution in [-0.4, -0.2) is 41.6 Å². The Balaban J connectivity index is 1.34. The molecule has 7 rings (SSSR count). The van der Waals surface area contributed by atoms with E-state index in [4.69, 9.17) is 23.9 Å². The molecule has 3 heterocycles. The highest BCUT2D eigenvalue weighted by molar-refractivity contribution is 7.22. The van der Waals surface area contributed by atoms with Crippen molar-refractivity contribution in [3.05, 3.63) is 113 Å². The molecule has 0 radical (unpaired) electrons. The highest BCUT2D eigenvalue weighted by Crippen LogP contribution is 2.46. The summed E-state index contributed by atoms with van der Waals surface area (Å²) in [5.74, 6) is 0.451. The molecule has 1 aromatic heterocycles. The minimum atomic E-state index is -0.998. The number of aliphatic hydroxyl groups excluding tert-OH is 1. The van der Waals surface area contributed by atoms with Crippen LogP contribution in [0.3, 0.4) is 0 Å². The number of ketones is 1. The maximum atomic E-state index is 13.9. The normalized spacial score (nSPS) is 18.3. The summed E-state index contributed by atoms with van der Waals surface area (Å²) in [7, 11) is 1.53. The third kappa shape index (κ3) is 5.65. The largest absolute Gasteiger partial charge is 0.507 e. The zero-order chi connectivity index (χ0) is 32.7. The molecule has 9 nitrogen and oxygen atoms in total. The molecule has 10 heteroatoms. The van der Waals surface area contributed by atoms with E-state index in [1.54, 1.807) is 30.3 Å². The summed E-state index contributed by atoms with van der Waals surface area (Å²) >= 11 is 1.27. The molecule has 0 unspecified atom stereocenters. The lowest BCUT2D eigenvalue weighted by Gasteiger charge is -2.24. The first-order valence-electron chi connectivity index (χ1n) is 15.3. The molecule has 47 heavy (non-hydrogen) atoms. The van der Waals surface area contributed by atoms with Gasteiger partial charge in [-0.2, -0.15) is 0 Å². The number of ether oxygens (including phenoxy) is 4. The molecule has 238 valence electrons. The van der Waals surface area contributed by atoms with Gasteiger partial charge in [-0.15, -0.1) is 0 Å². The van der Waals surface area contributed by atoms with Gasteiger partial charge in [0.1, 0.15) is 30.0 Å². The molecule has 2 atom stereocenters. The summed E-state index contributed by atoms with van der Waals surface area (Å²) in [5, 5.41) is 12.1. The number of nitrogens with zero attached hydrogens (tertiary/aromatic N) is 2. The first-order valence-corrected chi connectivity index (χ1v) is 16.1. The van der Waals surface area contributed by atoms with Crippen LogP contribution in [0, 0.1) is 0 Å². The Morgan fingerprint density at radius 3 is 2.62 bits per heavy atom. The Kier molecular flexibility index (Phi) is 8.03. The molecule has 1 N–H and O–H groups in total. The lowest BCUT2D eigenvalue weighted by atomic mass is 9.94. The highest BCUT2D eigenvalue weighted by atomic mass is 32.1. The van der Waals surface area contributed by atoms with Crippen LogP contribution >= 0.6 is 11.3 Å². The van der Waals surface area contributed by atoms with Gasteiger partial charge in [-0.1, -0.05) is 47.7 Å². The number of aliphatic hydroxyl groups is 1. The van der Waals surface area contributed by atoms with Gasteiger partial charge in [-0.3, -0.25) is 14.5 Å². The molecule has 0 saturated carbocycles. The van der Waals surface area contributed by atoms with Crippen LogP contribution in [0.25, 0.3) is 16.0 Å². The van der Waals surface area contributed by atoms with Crippen molar-refractivity contribution in [3.63, 3.8) is 0 Å². The molecule has 4 aromatic carbocycles. The molecular weight excluding hydrogens is 616 g/mol. The van der Waals surface area contributed by atoms with Gasteiger partial charge >= 0.3 is 5.91 Å². The lowest BCUT2D eigenvalue weighted by Crippen LogP contribution is -2.29. The molecule has 1 fully saturated rings. The van der Waals surface area contributed by atoms with Gasteiger partial charge in [-0.25, -0.2) is 4.98 Å². The number of carbonyl (C=O) groups excluding carboxylic acids is 2. The van der Waals surface area contributed by atoms with Crippen LogP contribution in [0.4, 0.5) is 5.13 Å². The van der Waals surface area contributed by atoms with E-state index in [-0.39, 0.29) is 17.4 Å². The Bertz CT molecular complexity index is 2040. The fourth-order valence-electron chi connectivity index (χ4n) is 6.03. The third-order valence-electron chi connectivity index (χ3n) is 8.22. The van der Waals surface area contributed by atoms with E-state index in [1.807, 2.05) is 68.4 Å². The van der Waals surface area contributed by atoms with Crippen LogP contribution in [0.2, 0.25) is 0 Å². The monoisotopic (exact) mass is 648 g/mol. The van der Waals surface area contributed by atoms with Crippen LogP contribution in [0.15, 0.2) is 90.5 Å². The molecule has 0 bridgehead atoms. The van der Waals surface area contributed by atoms with Gasteiger partial charge < -0.3 is 24.1 Å². The van der Waals surface area contributed by atoms with Crippen molar-refractivity contribution in [2.75, 3.05) is 18.6 Å². The summed E-state index contributed by atoms with van der Waals surface area (Å²) in [6.07, 6.45) is 0.677. The van der Waals surface area contributed by atoms with Gasteiger partial charge in [0.05, 0.1) is 35.5 Å². The summed E-state index contributed by atoms with van der Waals surface area (Å²) in [5.41, 5.74) is 3.49. The minimum Gasteiger partial charge on any atom is -0.507 e. The zero-order valence-electron chi connectivity index (χ0n) is 26.1. The average Bonchev–Trinajstić information content (AvgIpc) is 3.75. The van der Waals surface area contributed by atoms with E-state index < -0.39 is 17.7 Å². The minimum absolute atomic E-state index is 0.00495. The maximum Gasteiger partial charge on any atom is 0.301 e. The smallest absolute Gasteiger partial charge is 0.301 e. The molecule has 0 spiro atoms. The number of rotatable bonds is 9. The maximum absolute atomic E-state index is 13.9. The van der Waals surface area contributed by atoms with E-state index in [2.05, 4.69) is 0 Å². The molecule has 0 aliphatic carbocycles. The van der Waals surface area contributed by atoms with Gasteiger partial charge in [0.25, 0.3) is 5.78 Å². The number of hydrogen-bond donors (Lipinski definition) is 1. The fourth-order valence-corrected chi connectivity index (χ4v) is 7.05. The number of aromatic nitrogens is 1. The lowest BCUT2D eigenvalue weighted by molar-refractivity contribution is -0.132. The van der Waals surface area contributed by atoms with Crippen molar-refractivity contribution >= 4 is 44.1 Å². The fraction of sp³-hybridized carbons (Fsp3) is 0.216. The van der Waals surface area contributed by atoms with Crippen molar-refractivity contribution in [2.45, 2.75) is 39.0 Å². The van der Waals surface area contributed by atoms with Crippen molar-refractivity contribution in [3.8, 4) is 23.0 Å². The topological polar surface area (TPSA) is 107 Å². The Morgan fingerprint density at radius 1 is 1.00 bits per heavy atom. The van der Waals surface area contributed by atoms with Crippen LogP contribution in [0.5, 0.6) is 23.0 Å². The molecular formula is C37H32N2O7S. The van der Waals surface area contributed by atoms with E-state index >= 15 is 0 Å². The number of Topliss-reactive ketones (excluding diaryl/α,β-unsaturated/α-hetero) is 1. The molecule has 1 amide bonds. The first-order chi connectivity index (χ1) is 22.8. The molecule has 2 aliphatic rings. The van der Waals surface area contributed by atoms with E-state index in [0.29, 0.717) is 58.7 Å². The van der Waals surface area contributed by atoms with E-state index in [1.165, 1.54) is 23.3 Å². The average molecular weight is 649 g/mol. The number of anilines is 1. The zero-order valence-corrected chi connectivity index (χ0v) is 26.9. The quantitative estimate of drug-likeness (QED) is 0.101. The van der Waals surface area contributed by atoms with Gasteiger partial charge in [0.2, 0.25) is 0 Å². The molecule has 1 saturated heterocycles. The Morgan fingerprint density at radius 2 is 1.83 bits per heavy atom. The van der Waals surface area contributed by atoms with Gasteiger partial charge in [-0.05, 0) is 79.1 Å². The predicted molar refractivity (Wildman–Crippen MR) is 180 cm³/mol. The Labute approximate surface area is 275 Å². The number of thiazole rings is 1. The number of amides is 1.